The highest BCUT2D eigenvalue weighted by molar-refractivity contribution is 7.91. The van der Waals surface area contributed by atoms with E-state index in [0.717, 1.165) is 56.6 Å². The fourth-order valence-electron chi connectivity index (χ4n) is 5.28. The Morgan fingerprint density at radius 2 is 1.84 bits per heavy atom. The van der Waals surface area contributed by atoms with Crippen LogP contribution in [0, 0.1) is 0 Å². The number of sulfone groups is 1. The summed E-state index contributed by atoms with van der Waals surface area (Å²) in [5.41, 5.74) is 3.45. The standard InChI is InChI=1S/C27H33F3N2O5S/c28-27(29,30)37-24-9-2-3-10-25(24)38(35,36)18-21(33)16-26(34)31-23-8-6-7-20-15-19(11-12-22(20)23)17-32-13-4-1-5-14-32/h2-3,9-12,15,21,23,33H,1,4-8,13-14,16-18H2,(H,31,34). The molecular weight excluding hydrogens is 521 g/mol. The molecule has 1 heterocycles. The molecule has 0 spiro atoms. The molecule has 208 valence electrons. The average molecular weight is 555 g/mol. The number of halogens is 3. The van der Waals surface area contributed by atoms with E-state index >= 15 is 0 Å². The fraction of sp³-hybridized carbons (Fsp3) is 0.519. The summed E-state index contributed by atoms with van der Waals surface area (Å²) in [6.07, 6.45) is -0.930. The van der Waals surface area contributed by atoms with E-state index in [1.54, 1.807) is 0 Å². The van der Waals surface area contributed by atoms with Gasteiger partial charge < -0.3 is 15.2 Å². The highest BCUT2D eigenvalue weighted by Gasteiger charge is 2.34. The number of alkyl halides is 3. The van der Waals surface area contributed by atoms with Gasteiger partial charge in [-0.25, -0.2) is 8.42 Å². The minimum absolute atomic E-state index is 0.250. The van der Waals surface area contributed by atoms with Crippen LogP contribution in [0.5, 0.6) is 5.75 Å². The number of amides is 1. The maximum absolute atomic E-state index is 12.7. The number of likely N-dealkylation sites (tertiary alicyclic amines) is 1. The second kappa shape index (κ2) is 12.0. The Balaban J connectivity index is 1.36. The molecule has 38 heavy (non-hydrogen) atoms. The molecule has 2 aromatic carbocycles. The number of carbonyl (C=O) groups excluding carboxylic acids is 1. The summed E-state index contributed by atoms with van der Waals surface area (Å²) in [7, 11) is -4.37. The summed E-state index contributed by atoms with van der Waals surface area (Å²) in [5.74, 6) is -2.32. The van der Waals surface area contributed by atoms with Crippen molar-refractivity contribution in [2.24, 2.45) is 0 Å². The van der Waals surface area contributed by atoms with E-state index in [9.17, 15) is 31.5 Å². The maximum Gasteiger partial charge on any atom is 0.573 e. The number of carbonyl (C=O) groups is 1. The molecule has 0 saturated carbocycles. The summed E-state index contributed by atoms with van der Waals surface area (Å²) in [4.78, 5) is 14.5. The lowest BCUT2D eigenvalue weighted by Gasteiger charge is -2.29. The van der Waals surface area contributed by atoms with Crippen molar-refractivity contribution in [1.82, 2.24) is 10.2 Å². The van der Waals surface area contributed by atoms with Crippen LogP contribution >= 0.6 is 0 Å². The summed E-state index contributed by atoms with van der Waals surface area (Å²) in [6.45, 7) is 3.12. The number of aryl methyl sites for hydroxylation is 1. The first-order valence-corrected chi connectivity index (χ1v) is 14.5. The molecule has 4 rings (SSSR count). The SMILES string of the molecule is O=C(CC(O)CS(=O)(=O)c1ccccc1OC(F)(F)F)NC1CCCc2cc(CN3CCCCC3)ccc21. The van der Waals surface area contributed by atoms with Gasteiger partial charge in [0.05, 0.1) is 24.3 Å². The number of piperidine rings is 1. The molecule has 0 aromatic heterocycles. The van der Waals surface area contributed by atoms with E-state index in [-0.39, 0.29) is 6.04 Å². The van der Waals surface area contributed by atoms with Gasteiger partial charge in [0.25, 0.3) is 0 Å². The van der Waals surface area contributed by atoms with Gasteiger partial charge in [0.15, 0.2) is 9.84 Å². The molecule has 11 heteroatoms. The Morgan fingerprint density at radius 1 is 1.11 bits per heavy atom. The zero-order valence-corrected chi connectivity index (χ0v) is 21.9. The van der Waals surface area contributed by atoms with Crippen molar-refractivity contribution < 1.29 is 36.2 Å². The number of ether oxygens (including phenoxy) is 1. The normalized spacial score (nSPS) is 19.4. The number of fused-ring (bicyclic) bond motifs is 1. The third-order valence-corrected chi connectivity index (χ3v) is 8.79. The van der Waals surface area contributed by atoms with Gasteiger partial charge in [-0.1, -0.05) is 36.8 Å². The van der Waals surface area contributed by atoms with Crippen LogP contribution in [0.2, 0.25) is 0 Å². The van der Waals surface area contributed by atoms with Crippen LogP contribution in [-0.4, -0.2) is 55.6 Å². The average Bonchev–Trinajstić information content (AvgIpc) is 2.83. The lowest BCUT2D eigenvalue weighted by atomic mass is 9.86. The summed E-state index contributed by atoms with van der Waals surface area (Å²) >= 11 is 0. The predicted octanol–water partition coefficient (Wildman–Crippen LogP) is 4.29. The van der Waals surface area contributed by atoms with Crippen LogP contribution in [0.1, 0.15) is 61.3 Å². The van der Waals surface area contributed by atoms with E-state index in [2.05, 4.69) is 27.1 Å². The van der Waals surface area contributed by atoms with Crippen LogP contribution in [0.3, 0.4) is 0 Å². The molecule has 2 aliphatic rings. The number of para-hydroxylation sites is 1. The third kappa shape index (κ3) is 7.70. The van der Waals surface area contributed by atoms with Gasteiger partial charge in [0.1, 0.15) is 10.6 Å². The van der Waals surface area contributed by atoms with Crippen LogP contribution in [0.4, 0.5) is 13.2 Å². The fourth-order valence-corrected chi connectivity index (χ4v) is 6.78. The highest BCUT2D eigenvalue weighted by atomic mass is 32.2. The van der Waals surface area contributed by atoms with Gasteiger partial charge >= 0.3 is 6.36 Å². The van der Waals surface area contributed by atoms with E-state index in [1.165, 1.54) is 42.5 Å². The second-order valence-corrected chi connectivity index (χ2v) is 12.0. The number of hydrogen-bond donors (Lipinski definition) is 2. The number of rotatable bonds is 9. The molecule has 2 atom stereocenters. The monoisotopic (exact) mass is 554 g/mol. The number of nitrogens with zero attached hydrogens (tertiary/aromatic N) is 1. The molecule has 0 bridgehead atoms. The Morgan fingerprint density at radius 3 is 2.58 bits per heavy atom. The Kier molecular flexibility index (Phi) is 9.00. The molecule has 1 amide bonds. The molecule has 2 N–H and O–H groups in total. The zero-order chi connectivity index (χ0) is 27.3. The van der Waals surface area contributed by atoms with Crippen molar-refractivity contribution in [3.8, 4) is 5.75 Å². The summed E-state index contributed by atoms with van der Waals surface area (Å²) in [5, 5.41) is 13.2. The van der Waals surface area contributed by atoms with Crippen LogP contribution < -0.4 is 10.1 Å². The Labute approximate surface area is 220 Å². The first-order valence-electron chi connectivity index (χ1n) is 12.9. The molecule has 7 nitrogen and oxygen atoms in total. The Bertz CT molecular complexity index is 1230. The molecule has 1 fully saturated rings. The highest BCUT2D eigenvalue weighted by Crippen LogP contribution is 2.32. The van der Waals surface area contributed by atoms with Gasteiger partial charge in [-0.15, -0.1) is 13.2 Å². The van der Waals surface area contributed by atoms with Gasteiger partial charge in [0.2, 0.25) is 5.91 Å². The van der Waals surface area contributed by atoms with Crippen molar-refractivity contribution in [1.29, 1.82) is 0 Å². The van der Waals surface area contributed by atoms with Crippen molar-refractivity contribution in [3.63, 3.8) is 0 Å². The molecule has 1 aliphatic carbocycles. The van der Waals surface area contributed by atoms with Crippen LogP contribution in [0.25, 0.3) is 0 Å². The second-order valence-electron chi connectivity index (χ2n) is 10.0. The van der Waals surface area contributed by atoms with Crippen molar-refractivity contribution in [2.75, 3.05) is 18.8 Å². The van der Waals surface area contributed by atoms with Crippen molar-refractivity contribution in [3.05, 3.63) is 59.2 Å². The minimum Gasteiger partial charge on any atom is -0.404 e. The van der Waals surface area contributed by atoms with Gasteiger partial charge in [-0.3, -0.25) is 9.69 Å². The topological polar surface area (TPSA) is 95.9 Å². The minimum atomic E-state index is -5.07. The largest absolute Gasteiger partial charge is 0.573 e. The smallest absolute Gasteiger partial charge is 0.404 e. The number of nitrogens with one attached hydrogen (secondary N) is 1. The number of aliphatic hydroxyl groups is 1. The third-order valence-electron chi connectivity index (χ3n) is 6.95. The number of hydrogen-bond acceptors (Lipinski definition) is 6. The van der Waals surface area contributed by atoms with Crippen LogP contribution in [-0.2, 0) is 27.6 Å². The number of benzene rings is 2. The lowest BCUT2D eigenvalue weighted by Crippen LogP contribution is -2.35. The Hall–Kier alpha value is -2.63. The van der Waals surface area contributed by atoms with Crippen LogP contribution in [0.15, 0.2) is 47.4 Å². The summed E-state index contributed by atoms with van der Waals surface area (Å²) < 4.78 is 67.3. The van der Waals surface area contributed by atoms with Gasteiger partial charge in [-0.05, 0) is 74.0 Å². The quantitative estimate of drug-likeness (QED) is 0.480. The molecular formula is C27H33F3N2O5S. The van der Waals surface area contributed by atoms with E-state index in [1.807, 2.05) is 6.07 Å². The maximum atomic E-state index is 12.7. The van der Waals surface area contributed by atoms with Gasteiger partial charge in [0, 0.05) is 6.54 Å². The van der Waals surface area contributed by atoms with E-state index < -0.39 is 51.0 Å². The van der Waals surface area contributed by atoms with E-state index in [0.29, 0.717) is 0 Å². The first-order chi connectivity index (χ1) is 18.0. The van der Waals surface area contributed by atoms with Gasteiger partial charge in [-0.2, -0.15) is 0 Å². The zero-order valence-electron chi connectivity index (χ0n) is 21.0. The number of aliphatic hydroxyl groups excluding tert-OH is 1. The molecule has 1 saturated heterocycles. The predicted molar refractivity (Wildman–Crippen MR) is 135 cm³/mol. The van der Waals surface area contributed by atoms with Crippen molar-refractivity contribution >= 4 is 15.7 Å². The van der Waals surface area contributed by atoms with Crippen molar-refractivity contribution in [2.45, 2.75) is 74.9 Å². The first kappa shape index (κ1) is 28.4. The molecule has 2 aromatic rings. The summed E-state index contributed by atoms with van der Waals surface area (Å²) in [6, 6.07) is 10.4. The molecule has 2 unspecified atom stereocenters. The molecule has 1 aliphatic heterocycles. The molecule has 0 radical (unpaired) electrons. The van der Waals surface area contributed by atoms with E-state index in [4.69, 9.17) is 0 Å². The lowest BCUT2D eigenvalue weighted by molar-refractivity contribution is -0.275.